The van der Waals surface area contributed by atoms with Gasteiger partial charge in [0, 0.05) is 37.3 Å². The zero-order chi connectivity index (χ0) is 17.1. The topological polar surface area (TPSA) is 53.5 Å². The molecule has 1 amide bonds. The Kier molecular flexibility index (Phi) is 5.01. The molecular formula is C17H18FN3O2S. The average molecular weight is 347 g/mol. The van der Waals surface area contributed by atoms with Gasteiger partial charge >= 0.3 is 0 Å². The van der Waals surface area contributed by atoms with Gasteiger partial charge in [-0.15, -0.1) is 0 Å². The number of nitrogens with zero attached hydrogens (tertiary/aromatic N) is 3. The predicted molar refractivity (Wildman–Crippen MR) is 88.7 cm³/mol. The maximum absolute atomic E-state index is 13.2. The Morgan fingerprint density at radius 3 is 2.50 bits per heavy atom. The van der Waals surface area contributed by atoms with Crippen LogP contribution in [-0.2, 0) is 10.8 Å². The molecule has 1 aromatic carbocycles. The van der Waals surface area contributed by atoms with Gasteiger partial charge in [0.1, 0.15) is 11.5 Å². The molecule has 1 unspecified atom stereocenters. The standard InChI is InChI=1S/C17H18FN3O2S/c1-20-7-9-21(10-8-20)17(22)16-6-5-15(12-19-16)24(23)14-4-2-3-13(18)11-14/h2-6,11-12H,7-10H2,1H3. The fourth-order valence-electron chi connectivity index (χ4n) is 2.51. The smallest absolute Gasteiger partial charge is 0.272 e. The summed E-state index contributed by atoms with van der Waals surface area (Å²) >= 11 is 0. The Bertz CT molecular complexity index is 759. The Balaban J connectivity index is 1.73. The van der Waals surface area contributed by atoms with Crippen LogP contribution in [0.5, 0.6) is 0 Å². The number of likely N-dealkylation sites (N-methyl/N-ethyl adjacent to an activating group) is 1. The molecule has 2 heterocycles. The molecular weight excluding hydrogens is 329 g/mol. The van der Waals surface area contributed by atoms with Crippen LogP contribution in [-0.4, -0.2) is 58.1 Å². The van der Waals surface area contributed by atoms with Crippen molar-refractivity contribution in [1.82, 2.24) is 14.8 Å². The summed E-state index contributed by atoms with van der Waals surface area (Å²) in [4.78, 5) is 21.3. The van der Waals surface area contributed by atoms with E-state index in [1.165, 1.54) is 24.4 Å². The first kappa shape index (κ1) is 16.7. The third kappa shape index (κ3) is 3.68. The van der Waals surface area contributed by atoms with Crippen LogP contribution in [0.1, 0.15) is 10.5 Å². The normalized spacial score (nSPS) is 16.8. The number of pyridine rings is 1. The summed E-state index contributed by atoms with van der Waals surface area (Å²) < 4.78 is 25.7. The molecule has 1 saturated heterocycles. The molecule has 3 rings (SSSR count). The first-order valence-electron chi connectivity index (χ1n) is 7.66. The average Bonchev–Trinajstić information content (AvgIpc) is 2.61. The van der Waals surface area contributed by atoms with Gasteiger partial charge in [-0.2, -0.15) is 0 Å². The van der Waals surface area contributed by atoms with Crippen molar-refractivity contribution in [3.05, 3.63) is 54.1 Å². The fraction of sp³-hybridized carbons (Fsp3) is 0.294. The van der Waals surface area contributed by atoms with Gasteiger partial charge in [0.25, 0.3) is 5.91 Å². The van der Waals surface area contributed by atoms with Crippen molar-refractivity contribution in [2.45, 2.75) is 9.79 Å². The molecule has 1 aliphatic rings. The molecule has 0 radical (unpaired) electrons. The minimum absolute atomic E-state index is 0.119. The van der Waals surface area contributed by atoms with Gasteiger partial charge in [-0.1, -0.05) is 6.07 Å². The van der Waals surface area contributed by atoms with Gasteiger partial charge in [0.2, 0.25) is 0 Å². The molecule has 0 N–H and O–H groups in total. The van der Waals surface area contributed by atoms with Crippen LogP contribution in [0, 0.1) is 5.82 Å². The van der Waals surface area contributed by atoms with Crippen molar-refractivity contribution in [3.8, 4) is 0 Å². The highest BCUT2D eigenvalue weighted by molar-refractivity contribution is 7.85. The lowest BCUT2D eigenvalue weighted by Crippen LogP contribution is -2.47. The van der Waals surface area contributed by atoms with Crippen LogP contribution < -0.4 is 0 Å². The van der Waals surface area contributed by atoms with Crippen molar-refractivity contribution in [2.75, 3.05) is 33.2 Å². The number of carbonyl (C=O) groups excluding carboxylic acids is 1. The van der Waals surface area contributed by atoms with Gasteiger partial charge < -0.3 is 9.80 Å². The molecule has 2 aromatic rings. The van der Waals surface area contributed by atoms with E-state index in [1.807, 2.05) is 7.05 Å². The Morgan fingerprint density at radius 2 is 1.88 bits per heavy atom. The van der Waals surface area contributed by atoms with Crippen LogP contribution in [0.15, 0.2) is 52.4 Å². The molecule has 1 aromatic heterocycles. The van der Waals surface area contributed by atoms with Gasteiger partial charge in [0.15, 0.2) is 0 Å². The summed E-state index contributed by atoms with van der Waals surface area (Å²) in [5.74, 6) is -0.554. The van der Waals surface area contributed by atoms with Gasteiger partial charge in [-0.3, -0.25) is 4.79 Å². The molecule has 1 aliphatic heterocycles. The minimum atomic E-state index is -1.52. The number of hydrogen-bond acceptors (Lipinski definition) is 4. The number of halogens is 1. The Hall–Kier alpha value is -2.12. The zero-order valence-electron chi connectivity index (χ0n) is 13.3. The van der Waals surface area contributed by atoms with Crippen molar-refractivity contribution < 1.29 is 13.4 Å². The van der Waals surface area contributed by atoms with Crippen LogP contribution in [0.2, 0.25) is 0 Å². The quantitative estimate of drug-likeness (QED) is 0.849. The summed E-state index contributed by atoms with van der Waals surface area (Å²) in [7, 11) is 0.502. The monoisotopic (exact) mass is 347 g/mol. The summed E-state index contributed by atoms with van der Waals surface area (Å²) in [6.07, 6.45) is 1.42. The van der Waals surface area contributed by atoms with Crippen molar-refractivity contribution in [2.24, 2.45) is 0 Å². The summed E-state index contributed by atoms with van der Waals surface area (Å²) in [6, 6.07) is 8.84. The Morgan fingerprint density at radius 1 is 1.12 bits per heavy atom. The van der Waals surface area contributed by atoms with Crippen molar-refractivity contribution in [3.63, 3.8) is 0 Å². The van der Waals surface area contributed by atoms with E-state index in [4.69, 9.17) is 0 Å². The molecule has 0 spiro atoms. The molecule has 0 aliphatic carbocycles. The second-order valence-corrected chi connectivity index (χ2v) is 7.18. The number of carbonyl (C=O) groups is 1. The summed E-state index contributed by atoms with van der Waals surface area (Å²) in [6.45, 7) is 3.03. The second kappa shape index (κ2) is 7.19. The molecule has 0 saturated carbocycles. The van der Waals surface area contributed by atoms with E-state index in [9.17, 15) is 13.4 Å². The molecule has 24 heavy (non-hydrogen) atoms. The van der Waals surface area contributed by atoms with Crippen LogP contribution in [0.4, 0.5) is 4.39 Å². The zero-order valence-corrected chi connectivity index (χ0v) is 14.1. The van der Waals surface area contributed by atoms with Gasteiger partial charge in [0.05, 0.1) is 15.7 Å². The van der Waals surface area contributed by atoms with E-state index in [0.717, 1.165) is 13.1 Å². The molecule has 126 valence electrons. The SMILES string of the molecule is CN1CCN(C(=O)c2ccc(S(=O)c3cccc(F)c3)cn2)CC1. The molecule has 0 bridgehead atoms. The van der Waals surface area contributed by atoms with E-state index < -0.39 is 16.6 Å². The van der Waals surface area contributed by atoms with Gasteiger partial charge in [-0.05, 0) is 37.4 Å². The highest BCUT2D eigenvalue weighted by Crippen LogP contribution is 2.17. The second-order valence-electron chi connectivity index (χ2n) is 5.70. The van der Waals surface area contributed by atoms with E-state index in [2.05, 4.69) is 9.88 Å². The molecule has 7 heteroatoms. The van der Waals surface area contributed by atoms with Crippen molar-refractivity contribution in [1.29, 1.82) is 0 Å². The number of amides is 1. The lowest BCUT2D eigenvalue weighted by Gasteiger charge is -2.32. The van der Waals surface area contributed by atoms with E-state index >= 15 is 0 Å². The predicted octanol–water partition coefficient (Wildman–Crippen LogP) is 1.78. The van der Waals surface area contributed by atoms with Crippen LogP contribution in [0.25, 0.3) is 0 Å². The molecule has 1 fully saturated rings. The third-order valence-corrected chi connectivity index (χ3v) is 5.32. The highest BCUT2D eigenvalue weighted by atomic mass is 32.2. The maximum Gasteiger partial charge on any atom is 0.272 e. The first-order chi connectivity index (χ1) is 11.5. The number of rotatable bonds is 3. The van der Waals surface area contributed by atoms with Crippen molar-refractivity contribution >= 4 is 16.7 Å². The van der Waals surface area contributed by atoms with Gasteiger partial charge in [-0.25, -0.2) is 13.6 Å². The third-order valence-electron chi connectivity index (χ3n) is 3.97. The summed E-state index contributed by atoms with van der Waals surface area (Å²) in [5, 5.41) is 0. The first-order valence-corrected chi connectivity index (χ1v) is 8.81. The lowest BCUT2D eigenvalue weighted by atomic mass is 10.2. The number of hydrogen-bond donors (Lipinski definition) is 0. The Labute approximate surface area is 142 Å². The number of benzene rings is 1. The van der Waals surface area contributed by atoms with E-state index in [-0.39, 0.29) is 5.91 Å². The van der Waals surface area contributed by atoms with Crippen LogP contribution >= 0.6 is 0 Å². The summed E-state index contributed by atoms with van der Waals surface area (Å²) in [5.41, 5.74) is 0.333. The van der Waals surface area contributed by atoms with E-state index in [1.54, 1.807) is 23.1 Å². The highest BCUT2D eigenvalue weighted by Gasteiger charge is 2.21. The van der Waals surface area contributed by atoms with Crippen LogP contribution in [0.3, 0.4) is 0 Å². The maximum atomic E-state index is 13.2. The largest absolute Gasteiger partial charge is 0.335 e. The minimum Gasteiger partial charge on any atom is -0.335 e. The molecule has 1 atom stereocenters. The fourth-order valence-corrected chi connectivity index (χ4v) is 3.54. The number of piperazine rings is 1. The molecule has 5 nitrogen and oxygen atoms in total. The lowest BCUT2D eigenvalue weighted by molar-refractivity contribution is 0.0658. The number of aromatic nitrogens is 1. The van der Waals surface area contributed by atoms with E-state index in [0.29, 0.717) is 28.6 Å².